The van der Waals surface area contributed by atoms with Crippen LogP contribution in [0.2, 0.25) is 0 Å². The molecule has 0 saturated heterocycles. The van der Waals surface area contributed by atoms with E-state index < -0.39 is 29.4 Å². The zero-order chi connectivity index (χ0) is 32.1. The third-order valence-corrected chi connectivity index (χ3v) is 6.15. The van der Waals surface area contributed by atoms with Crippen LogP contribution in [0.15, 0.2) is 83.9 Å². The molecule has 4 aromatic rings. The molecule has 2 N–H and O–H groups in total. The van der Waals surface area contributed by atoms with Crippen molar-refractivity contribution in [3.63, 3.8) is 0 Å². The fraction of sp³-hybridized carbons (Fsp3) is 0.294. The van der Waals surface area contributed by atoms with Crippen molar-refractivity contribution in [2.45, 2.75) is 59.2 Å². The minimum atomic E-state index is -0.904. The summed E-state index contributed by atoms with van der Waals surface area (Å²) in [6.07, 6.45) is -0.924. The smallest absolute Gasteiger partial charge is 0.437 e. The van der Waals surface area contributed by atoms with Crippen molar-refractivity contribution >= 4 is 40.7 Å². The summed E-state index contributed by atoms with van der Waals surface area (Å²) in [5.41, 5.74) is 2.51. The highest BCUT2D eigenvalue weighted by Gasteiger charge is 2.21. The molecule has 0 saturated carbocycles. The van der Waals surface area contributed by atoms with Gasteiger partial charge in [0.15, 0.2) is 0 Å². The lowest BCUT2D eigenvalue weighted by atomic mass is 10.1. The van der Waals surface area contributed by atoms with Gasteiger partial charge in [-0.25, -0.2) is 14.4 Å². The minimum Gasteiger partial charge on any atom is -0.444 e. The molecular weight excluding hydrogens is 560 g/mol. The number of aliphatic imine (C=N–C) groups is 1. The minimum absolute atomic E-state index is 0.202. The quantitative estimate of drug-likeness (QED) is 0.108. The summed E-state index contributed by atoms with van der Waals surface area (Å²) in [6, 6.07) is 24.2. The maximum Gasteiger partial charge on any atom is 0.437 e. The Labute approximate surface area is 257 Å². The van der Waals surface area contributed by atoms with E-state index in [2.05, 4.69) is 38.4 Å². The van der Waals surface area contributed by atoms with Crippen molar-refractivity contribution < 1.29 is 28.6 Å². The number of guanidine groups is 1. The van der Waals surface area contributed by atoms with Gasteiger partial charge in [0.2, 0.25) is 5.96 Å². The van der Waals surface area contributed by atoms with Crippen LogP contribution in [0.1, 0.15) is 63.2 Å². The monoisotopic (exact) mass is 598 g/mol. The third kappa shape index (κ3) is 9.19. The zero-order valence-electron chi connectivity index (χ0n) is 26.1. The summed E-state index contributed by atoms with van der Waals surface area (Å²) in [4.78, 5) is 41.5. The van der Waals surface area contributed by atoms with Crippen LogP contribution in [-0.2, 0) is 22.9 Å². The van der Waals surface area contributed by atoms with E-state index in [1.807, 2.05) is 37.4 Å². The molecule has 0 aliphatic rings. The topological polar surface area (TPSA) is 120 Å². The molecule has 10 heteroatoms. The Morgan fingerprint density at radius 2 is 1.48 bits per heavy atom. The molecule has 0 aliphatic heterocycles. The van der Waals surface area contributed by atoms with Crippen molar-refractivity contribution in [2.75, 3.05) is 5.32 Å². The number of rotatable bonds is 5. The number of nitrogens with one attached hydrogen (secondary N) is 2. The number of hydrogen-bond acceptors (Lipinski definition) is 6. The average molecular weight is 599 g/mol. The van der Waals surface area contributed by atoms with Gasteiger partial charge in [0.25, 0.3) is 0 Å². The molecule has 3 aromatic carbocycles. The van der Waals surface area contributed by atoms with E-state index >= 15 is 0 Å². The Balaban J connectivity index is 1.45. The van der Waals surface area contributed by atoms with Crippen LogP contribution in [-0.4, -0.2) is 39.9 Å². The Bertz CT molecular complexity index is 1680. The van der Waals surface area contributed by atoms with E-state index in [0.29, 0.717) is 17.0 Å². The number of amides is 2. The number of carbonyl (C=O) groups is 3. The number of hydrogen-bond donors (Lipinski definition) is 2. The van der Waals surface area contributed by atoms with Crippen LogP contribution < -0.4 is 15.4 Å². The van der Waals surface area contributed by atoms with Crippen molar-refractivity contribution in [1.82, 2.24) is 9.88 Å². The Kier molecular flexibility index (Phi) is 9.42. The molecule has 230 valence electrons. The first-order valence-corrected chi connectivity index (χ1v) is 14.2. The van der Waals surface area contributed by atoms with Crippen LogP contribution in [0.3, 0.4) is 0 Å². The zero-order valence-corrected chi connectivity index (χ0v) is 26.1. The summed E-state index contributed by atoms with van der Waals surface area (Å²) in [7, 11) is 2.00. The average Bonchev–Trinajstić information content (AvgIpc) is 3.21. The first kappa shape index (κ1) is 31.8. The summed E-state index contributed by atoms with van der Waals surface area (Å²) in [5, 5.41) is 6.34. The van der Waals surface area contributed by atoms with Gasteiger partial charge >= 0.3 is 18.2 Å². The van der Waals surface area contributed by atoms with Crippen LogP contribution in [0, 0.1) is 0 Å². The molecule has 44 heavy (non-hydrogen) atoms. The summed E-state index contributed by atoms with van der Waals surface area (Å²) < 4.78 is 18.3. The van der Waals surface area contributed by atoms with Crippen molar-refractivity contribution in [2.24, 2.45) is 12.0 Å². The van der Waals surface area contributed by atoms with Crippen molar-refractivity contribution in [3.8, 4) is 5.75 Å². The number of anilines is 1. The highest BCUT2D eigenvalue weighted by Crippen LogP contribution is 2.26. The van der Waals surface area contributed by atoms with E-state index in [1.165, 1.54) is 5.56 Å². The molecular formula is C34H38N4O6. The number of carbonyl (C=O) groups excluding carboxylic acids is 3. The second kappa shape index (κ2) is 13.0. The first-order valence-electron chi connectivity index (χ1n) is 14.2. The van der Waals surface area contributed by atoms with Crippen molar-refractivity contribution in [3.05, 3.63) is 95.7 Å². The largest absolute Gasteiger partial charge is 0.444 e. The van der Waals surface area contributed by atoms with Gasteiger partial charge in [-0.2, -0.15) is 0 Å². The number of alkyl carbamates (subject to hydrolysis) is 1. The van der Waals surface area contributed by atoms with Crippen LogP contribution in [0.5, 0.6) is 5.75 Å². The van der Waals surface area contributed by atoms with E-state index in [0.717, 1.165) is 23.0 Å². The maximum absolute atomic E-state index is 13.0. The lowest BCUT2D eigenvalue weighted by Gasteiger charge is -2.21. The van der Waals surface area contributed by atoms with Crippen LogP contribution in [0.25, 0.3) is 10.9 Å². The number of ether oxygens (including phenoxy) is 3. The van der Waals surface area contributed by atoms with Crippen LogP contribution in [0.4, 0.5) is 15.3 Å². The Morgan fingerprint density at radius 3 is 2.11 bits per heavy atom. The number of aryl methyl sites for hydroxylation is 1. The lowest BCUT2D eigenvalue weighted by molar-refractivity contribution is 0.0561. The van der Waals surface area contributed by atoms with Gasteiger partial charge in [-0.05, 0) is 89.6 Å². The van der Waals surface area contributed by atoms with Crippen LogP contribution >= 0.6 is 0 Å². The highest BCUT2D eigenvalue weighted by molar-refractivity contribution is 6.06. The molecule has 1 heterocycles. The maximum atomic E-state index is 13.0. The molecule has 0 bridgehead atoms. The standard InChI is InChI=1S/C34H38N4O6/c1-33(2,3)43-31(40)36-30(37-32(41)44-34(4,5)6)35-25-16-13-23(14-17-25)29(39)42-27-18-15-24-20-26(38(7)28(24)21-27)19-22-11-9-8-10-12-22/h8-18,20-21H,19H2,1-7H3,(H2,35,36,37,40,41). The molecule has 0 unspecified atom stereocenters. The second-order valence-electron chi connectivity index (χ2n) is 12.2. The number of nitrogens with zero attached hydrogens (tertiary/aromatic N) is 2. The Hall–Kier alpha value is -5.12. The predicted octanol–water partition coefficient (Wildman–Crippen LogP) is 7.22. The second-order valence-corrected chi connectivity index (χ2v) is 12.2. The molecule has 4 rings (SSSR count). The lowest BCUT2D eigenvalue weighted by Crippen LogP contribution is -2.40. The number of fused-ring (bicyclic) bond motifs is 1. The number of esters is 1. The van der Waals surface area contributed by atoms with Crippen molar-refractivity contribution in [1.29, 1.82) is 0 Å². The summed E-state index contributed by atoms with van der Waals surface area (Å²) in [5.74, 6) is -0.319. The van der Waals surface area contributed by atoms with E-state index in [-0.39, 0.29) is 5.96 Å². The van der Waals surface area contributed by atoms with Gasteiger partial charge in [-0.15, -0.1) is 4.99 Å². The van der Waals surface area contributed by atoms with Gasteiger partial charge in [0.05, 0.1) is 11.1 Å². The fourth-order valence-corrected chi connectivity index (χ4v) is 4.26. The van der Waals surface area contributed by atoms with Gasteiger partial charge in [0, 0.05) is 36.3 Å². The van der Waals surface area contributed by atoms with Gasteiger partial charge in [-0.1, -0.05) is 30.3 Å². The van der Waals surface area contributed by atoms with Gasteiger partial charge < -0.3 is 24.1 Å². The van der Waals surface area contributed by atoms with E-state index in [1.54, 1.807) is 71.9 Å². The Morgan fingerprint density at radius 1 is 0.818 bits per heavy atom. The first-order chi connectivity index (χ1) is 20.6. The predicted molar refractivity (Wildman–Crippen MR) is 170 cm³/mol. The summed E-state index contributed by atoms with van der Waals surface area (Å²) >= 11 is 0. The molecule has 0 atom stereocenters. The molecule has 0 fully saturated rings. The van der Waals surface area contributed by atoms with Gasteiger partial charge in [0.1, 0.15) is 17.0 Å². The highest BCUT2D eigenvalue weighted by atomic mass is 16.6. The SMILES string of the molecule is Cn1c(Cc2ccccc2)cc2ccc(OC(=O)c3ccc(N/C(=N\C(=O)OC(C)(C)C)NC(=O)OC(C)(C)C)cc3)cc21. The fourth-order valence-electron chi connectivity index (χ4n) is 4.26. The number of aromatic nitrogens is 1. The van der Waals surface area contributed by atoms with E-state index in [4.69, 9.17) is 14.2 Å². The molecule has 10 nitrogen and oxygen atoms in total. The third-order valence-electron chi connectivity index (χ3n) is 6.15. The van der Waals surface area contributed by atoms with E-state index in [9.17, 15) is 14.4 Å². The molecule has 1 aromatic heterocycles. The van der Waals surface area contributed by atoms with Gasteiger partial charge in [-0.3, -0.25) is 5.32 Å². The molecule has 0 aliphatic carbocycles. The number of benzene rings is 3. The molecule has 0 spiro atoms. The summed E-state index contributed by atoms with van der Waals surface area (Å²) in [6.45, 7) is 10.2. The molecule has 2 amide bonds. The molecule has 0 radical (unpaired) electrons. The normalized spacial score (nSPS) is 12.0.